The van der Waals surface area contributed by atoms with Crippen LogP contribution < -0.4 is 5.32 Å². The Labute approximate surface area is 215 Å². The predicted molar refractivity (Wildman–Crippen MR) is 137 cm³/mol. The first-order valence-corrected chi connectivity index (χ1v) is 12.7. The minimum atomic E-state index is -0.530. The molecule has 2 aliphatic rings. The van der Waals surface area contributed by atoms with Crippen molar-refractivity contribution >= 4 is 35.3 Å². The van der Waals surface area contributed by atoms with Gasteiger partial charge in [0.2, 0.25) is 11.7 Å². The third kappa shape index (κ3) is 4.84. The Kier molecular flexibility index (Phi) is 6.08. The van der Waals surface area contributed by atoms with Gasteiger partial charge < -0.3 is 18.7 Å². The maximum atomic E-state index is 13.0. The fourth-order valence-corrected chi connectivity index (χ4v) is 5.35. The molecule has 10 heteroatoms. The summed E-state index contributed by atoms with van der Waals surface area (Å²) in [6.45, 7) is 10.9. The Bertz CT molecular complexity index is 1360. The van der Waals surface area contributed by atoms with Crippen molar-refractivity contribution in [3.05, 3.63) is 41.3 Å². The van der Waals surface area contributed by atoms with E-state index in [9.17, 15) is 14.4 Å². The van der Waals surface area contributed by atoms with Crippen molar-refractivity contribution < 1.29 is 23.6 Å². The topological polar surface area (TPSA) is 120 Å². The van der Waals surface area contributed by atoms with E-state index in [0.717, 1.165) is 31.1 Å². The maximum Gasteiger partial charge on any atom is 0.410 e. The molecule has 1 spiro atoms. The quantitative estimate of drug-likeness (QED) is 0.473. The average molecular weight is 508 g/mol. The Hall–Kier alpha value is -3.69. The number of aldehydes is 1. The average Bonchev–Trinajstić information content (AvgIpc) is 3.53. The van der Waals surface area contributed by atoms with E-state index in [2.05, 4.69) is 15.5 Å². The van der Waals surface area contributed by atoms with E-state index < -0.39 is 11.5 Å². The second-order valence-electron chi connectivity index (χ2n) is 11.6. The third-order valence-electron chi connectivity index (χ3n) is 7.21. The van der Waals surface area contributed by atoms with Gasteiger partial charge in [-0.05, 0) is 69.6 Å². The van der Waals surface area contributed by atoms with Crippen LogP contribution in [0.3, 0.4) is 0 Å². The van der Waals surface area contributed by atoms with Gasteiger partial charge in [0.15, 0.2) is 0 Å². The number of nitrogens with zero attached hydrogens (tertiary/aromatic N) is 4. The summed E-state index contributed by atoms with van der Waals surface area (Å²) in [5, 5.41) is 6.87. The molecule has 1 aliphatic heterocycles. The first-order valence-electron chi connectivity index (χ1n) is 12.7. The van der Waals surface area contributed by atoms with Gasteiger partial charge in [-0.2, -0.15) is 0 Å². The zero-order chi connectivity index (χ0) is 26.5. The normalized spacial score (nSPS) is 21.5. The van der Waals surface area contributed by atoms with Gasteiger partial charge in [0, 0.05) is 30.8 Å². The van der Waals surface area contributed by atoms with Crippen molar-refractivity contribution in [1.82, 2.24) is 19.6 Å². The molecule has 10 nitrogen and oxygen atoms in total. The minimum Gasteiger partial charge on any atom is -0.444 e. The van der Waals surface area contributed by atoms with Crippen LogP contribution in [0.5, 0.6) is 0 Å². The van der Waals surface area contributed by atoms with E-state index in [1.54, 1.807) is 23.1 Å². The van der Waals surface area contributed by atoms with E-state index in [4.69, 9.17) is 9.26 Å². The molecule has 196 valence electrons. The van der Waals surface area contributed by atoms with E-state index >= 15 is 0 Å². The van der Waals surface area contributed by atoms with Crippen LogP contribution in [0.1, 0.15) is 92.4 Å². The van der Waals surface area contributed by atoms with Crippen molar-refractivity contribution in [2.45, 2.75) is 71.4 Å². The lowest BCUT2D eigenvalue weighted by atomic mass is 9.65. The maximum absolute atomic E-state index is 13.0. The van der Waals surface area contributed by atoms with Crippen LogP contribution in [-0.4, -0.2) is 56.6 Å². The summed E-state index contributed by atoms with van der Waals surface area (Å²) >= 11 is 0. The summed E-state index contributed by atoms with van der Waals surface area (Å²) in [4.78, 5) is 43.4. The lowest BCUT2D eigenvalue weighted by Crippen LogP contribution is -2.43. The summed E-state index contributed by atoms with van der Waals surface area (Å²) < 4.78 is 12.9. The highest BCUT2D eigenvalue weighted by Gasteiger charge is 2.51. The van der Waals surface area contributed by atoms with Crippen LogP contribution in [0.25, 0.3) is 11.0 Å². The van der Waals surface area contributed by atoms with Crippen LogP contribution in [-0.2, 0) is 4.74 Å². The standard InChI is InChI=1S/C27H33N5O5/c1-16(2)19-11-22(37-30-19)23(34)29-24-28-20-10-17(14-33)6-7-21(20)32(24)18-12-27(13-18)8-9-31(15-27)25(35)36-26(3,4)5/h6-7,10-11,14,16,18H,8-9,12-13,15H2,1-5H3,(H,28,29,34)/t18-,27-. The summed E-state index contributed by atoms with van der Waals surface area (Å²) in [5.74, 6) is 0.212. The van der Waals surface area contributed by atoms with E-state index in [1.807, 2.05) is 45.3 Å². The second-order valence-corrected chi connectivity index (χ2v) is 11.6. The lowest BCUT2D eigenvalue weighted by Gasteiger charge is -2.46. The fraction of sp³-hybridized carbons (Fsp3) is 0.519. The number of carbonyl (C=O) groups is 3. The zero-order valence-electron chi connectivity index (χ0n) is 21.9. The van der Waals surface area contributed by atoms with Crippen molar-refractivity contribution in [2.75, 3.05) is 18.4 Å². The molecular weight excluding hydrogens is 474 g/mol. The summed E-state index contributed by atoms with van der Waals surface area (Å²) in [7, 11) is 0. The SMILES string of the molecule is CC(C)c1cc(C(=O)Nc2nc3cc(C=O)ccc3n2[C@H]2C[C@@]3(CCN(C(=O)OC(C)(C)C)C3)C2)on1. The second kappa shape index (κ2) is 9.00. The van der Waals surface area contributed by atoms with Crippen molar-refractivity contribution in [3.63, 3.8) is 0 Å². The van der Waals surface area contributed by atoms with Gasteiger partial charge >= 0.3 is 6.09 Å². The number of hydrogen-bond acceptors (Lipinski definition) is 7. The number of fused-ring (bicyclic) bond motifs is 1. The number of aromatic nitrogens is 3. The molecule has 0 unspecified atom stereocenters. The molecular formula is C27H33N5O5. The van der Waals surface area contributed by atoms with Crippen molar-refractivity contribution in [3.8, 4) is 0 Å². The molecule has 3 aromatic rings. The zero-order valence-corrected chi connectivity index (χ0v) is 21.9. The number of amides is 2. The highest BCUT2D eigenvalue weighted by Crippen LogP contribution is 2.55. The summed E-state index contributed by atoms with van der Waals surface area (Å²) in [6.07, 6.45) is 3.10. The van der Waals surface area contributed by atoms with Crippen molar-refractivity contribution in [1.29, 1.82) is 0 Å². The molecule has 5 rings (SSSR count). The van der Waals surface area contributed by atoms with Crippen LogP contribution in [0.2, 0.25) is 0 Å². The lowest BCUT2D eigenvalue weighted by molar-refractivity contribution is 0.0199. The van der Waals surface area contributed by atoms with E-state index in [1.165, 1.54) is 0 Å². The number of anilines is 1. The molecule has 0 bridgehead atoms. The predicted octanol–water partition coefficient (Wildman–Crippen LogP) is 5.17. The number of carbonyl (C=O) groups excluding carboxylic acids is 3. The highest BCUT2D eigenvalue weighted by atomic mass is 16.6. The number of likely N-dealkylation sites (tertiary alicyclic amines) is 1. The monoisotopic (exact) mass is 507 g/mol. The molecule has 0 radical (unpaired) electrons. The van der Waals surface area contributed by atoms with Gasteiger partial charge in [-0.3, -0.25) is 14.9 Å². The van der Waals surface area contributed by atoms with Gasteiger partial charge in [0.05, 0.1) is 16.7 Å². The molecule has 37 heavy (non-hydrogen) atoms. The number of nitrogens with one attached hydrogen (secondary N) is 1. The molecule has 2 amide bonds. The van der Waals surface area contributed by atoms with Gasteiger partial charge in [-0.25, -0.2) is 9.78 Å². The van der Waals surface area contributed by atoms with Crippen LogP contribution in [0, 0.1) is 5.41 Å². The third-order valence-corrected chi connectivity index (χ3v) is 7.21. The first kappa shape index (κ1) is 25.0. The molecule has 2 aromatic heterocycles. The first-order chi connectivity index (χ1) is 17.5. The van der Waals surface area contributed by atoms with Crippen LogP contribution >= 0.6 is 0 Å². The molecule has 1 saturated heterocycles. The fourth-order valence-electron chi connectivity index (χ4n) is 5.35. The number of benzene rings is 1. The molecule has 0 atom stereocenters. The number of hydrogen-bond donors (Lipinski definition) is 1. The number of imidazole rings is 1. The molecule has 3 heterocycles. The molecule has 1 N–H and O–H groups in total. The van der Waals surface area contributed by atoms with Crippen LogP contribution in [0.4, 0.5) is 10.7 Å². The van der Waals surface area contributed by atoms with Gasteiger partial charge in [-0.1, -0.05) is 19.0 Å². The van der Waals surface area contributed by atoms with Gasteiger partial charge in [0.1, 0.15) is 11.9 Å². The molecule has 1 aliphatic carbocycles. The van der Waals surface area contributed by atoms with Gasteiger partial charge in [0.25, 0.3) is 5.91 Å². The number of rotatable bonds is 5. The highest BCUT2D eigenvalue weighted by molar-refractivity contribution is 6.02. The molecule has 2 fully saturated rings. The van der Waals surface area contributed by atoms with Gasteiger partial charge in [-0.15, -0.1) is 0 Å². The largest absolute Gasteiger partial charge is 0.444 e. The Balaban J connectivity index is 1.38. The van der Waals surface area contributed by atoms with E-state index in [-0.39, 0.29) is 29.2 Å². The van der Waals surface area contributed by atoms with Crippen LogP contribution in [0.15, 0.2) is 28.8 Å². The summed E-state index contributed by atoms with van der Waals surface area (Å²) in [5.41, 5.74) is 2.16. The van der Waals surface area contributed by atoms with Crippen molar-refractivity contribution in [2.24, 2.45) is 5.41 Å². The molecule has 1 aromatic carbocycles. The Morgan fingerprint density at radius 3 is 2.65 bits per heavy atom. The summed E-state index contributed by atoms with van der Waals surface area (Å²) in [6, 6.07) is 7.05. The number of ether oxygens (including phenoxy) is 1. The Morgan fingerprint density at radius 1 is 1.24 bits per heavy atom. The molecule has 1 saturated carbocycles. The minimum absolute atomic E-state index is 0.0132. The smallest absolute Gasteiger partial charge is 0.410 e. The Morgan fingerprint density at radius 2 is 2.00 bits per heavy atom. The van der Waals surface area contributed by atoms with E-state index in [0.29, 0.717) is 35.8 Å².